The first kappa shape index (κ1) is 20.9. The molecule has 0 aromatic carbocycles. The van der Waals surface area contributed by atoms with Gasteiger partial charge >= 0.3 is 5.97 Å². The molecule has 0 saturated heterocycles. The van der Waals surface area contributed by atoms with Crippen LogP contribution < -0.4 is 0 Å². The highest BCUT2D eigenvalue weighted by atomic mass is 16.5. The van der Waals surface area contributed by atoms with Crippen LogP contribution in [0, 0.1) is 52.8 Å². The van der Waals surface area contributed by atoms with E-state index in [4.69, 9.17) is 4.74 Å². The highest BCUT2D eigenvalue weighted by Crippen LogP contribution is 3.06. The van der Waals surface area contributed by atoms with Crippen molar-refractivity contribution in [3.8, 4) is 0 Å². The lowest BCUT2D eigenvalue weighted by Crippen LogP contribution is -3.05. The van der Waals surface area contributed by atoms with Crippen molar-refractivity contribution in [2.75, 3.05) is 0 Å². The van der Waals surface area contributed by atoms with Crippen molar-refractivity contribution in [3.63, 3.8) is 0 Å². The number of aliphatic hydroxyl groups excluding tert-OH is 1. The topological polar surface area (TPSA) is 63.6 Å². The van der Waals surface area contributed by atoms with Gasteiger partial charge in [0.1, 0.15) is 0 Å². The van der Waals surface area contributed by atoms with Gasteiger partial charge in [-0.1, -0.05) is 24.3 Å². The molecule has 4 nitrogen and oxygen atoms in total. The summed E-state index contributed by atoms with van der Waals surface area (Å²) in [5.41, 5.74) is 1.51. The van der Waals surface area contributed by atoms with E-state index < -0.39 is 0 Å². The summed E-state index contributed by atoms with van der Waals surface area (Å²) >= 11 is 0. The lowest BCUT2D eigenvalue weighted by Gasteiger charge is -3.08. The summed E-state index contributed by atoms with van der Waals surface area (Å²) in [4.78, 5) is 23.9. The summed E-state index contributed by atoms with van der Waals surface area (Å²) < 4.78 is 5.14. The van der Waals surface area contributed by atoms with Crippen LogP contribution in [0.4, 0.5) is 0 Å². The zero-order chi connectivity index (χ0) is 22.2. The Kier molecular flexibility index (Phi) is 4.84. The summed E-state index contributed by atoms with van der Waals surface area (Å²) in [5, 5.41) is 10.6. The second-order valence-corrected chi connectivity index (χ2v) is 11.6. The number of unbranched alkanes of at least 4 members (excludes halogenated alkanes) is 1. The summed E-state index contributed by atoms with van der Waals surface area (Å²) in [6, 6.07) is 0. The van der Waals surface area contributed by atoms with E-state index in [2.05, 4.69) is 12.2 Å². The van der Waals surface area contributed by atoms with Crippen LogP contribution in [0.25, 0.3) is 0 Å². The molecule has 0 heterocycles. The third-order valence-electron chi connectivity index (χ3n) is 10.0. The third-order valence-corrected chi connectivity index (χ3v) is 10.0. The maximum Gasteiger partial charge on any atom is 0.306 e. The Labute approximate surface area is 191 Å². The minimum absolute atomic E-state index is 0.0569. The summed E-state index contributed by atoms with van der Waals surface area (Å²) in [7, 11) is 0. The monoisotopic (exact) mass is 436 g/mol. The van der Waals surface area contributed by atoms with E-state index in [1.54, 1.807) is 6.08 Å². The van der Waals surface area contributed by atoms with Gasteiger partial charge in [0.25, 0.3) is 0 Å². The van der Waals surface area contributed by atoms with Crippen molar-refractivity contribution in [1.82, 2.24) is 0 Å². The zero-order valence-corrected chi connectivity index (χ0v) is 19.3. The smallest absolute Gasteiger partial charge is 0.306 e. The molecule has 1 N–H and O–H groups in total. The van der Waals surface area contributed by atoms with Crippen LogP contribution in [0.15, 0.2) is 36.0 Å². The molecule has 0 bridgehead atoms. The molecule has 32 heavy (non-hydrogen) atoms. The molecule has 0 unspecified atom stereocenters. The molecule has 0 aromatic heterocycles. The molecule has 6 saturated carbocycles. The summed E-state index contributed by atoms with van der Waals surface area (Å²) in [5.74, 6) is 7.70. The molecule has 0 spiro atoms. The number of carbonyl (C=O) groups is 2. The molecule has 2 atom stereocenters. The predicted molar refractivity (Wildman–Crippen MR) is 121 cm³/mol. The average molecular weight is 437 g/mol. The van der Waals surface area contributed by atoms with Crippen molar-refractivity contribution in [2.24, 2.45) is 52.8 Å². The van der Waals surface area contributed by atoms with E-state index >= 15 is 0 Å². The quantitative estimate of drug-likeness (QED) is 0.210. The van der Waals surface area contributed by atoms with Crippen LogP contribution in [-0.2, 0) is 14.3 Å². The van der Waals surface area contributed by atoms with Gasteiger partial charge in [0.2, 0.25) is 0 Å². The van der Waals surface area contributed by atoms with Gasteiger partial charge in [0.05, 0.1) is 12.2 Å². The number of allylic oxidation sites excluding steroid dienone is 5. The molecule has 7 aliphatic rings. The number of rotatable bonds is 12. The Morgan fingerprint density at radius 2 is 1.88 bits per heavy atom. The Balaban J connectivity index is 0.917. The number of ether oxygens (including phenoxy) is 1. The molecular formula is C28H36O4. The standard InChI is InChI=1S/C28H36O4/c1-15(2)32-20(31)8-6-4-3-5-7-16-9-12-19(30)18(16)11-10-17(29)13-14-28-25-22-21-23(25)27(28)24(21)26(22)28/h3,5,9,11-12,15-17,21-27,29H,4,6-8,10,13-14H2,1-2H3/b5-3-,18-11+/t16-,17+,21?,22?,23?,24?,25?,26?,27?,28?/m0/s1. The van der Waals surface area contributed by atoms with Crippen LogP contribution in [0.2, 0.25) is 0 Å². The largest absolute Gasteiger partial charge is 0.463 e. The van der Waals surface area contributed by atoms with E-state index in [9.17, 15) is 14.7 Å². The van der Waals surface area contributed by atoms with E-state index in [-0.39, 0.29) is 29.9 Å². The maximum atomic E-state index is 12.3. The number of carbonyl (C=O) groups excluding carboxylic acids is 2. The second-order valence-electron chi connectivity index (χ2n) is 11.6. The Bertz CT molecular complexity index is 858. The Morgan fingerprint density at radius 3 is 2.56 bits per heavy atom. The van der Waals surface area contributed by atoms with Crippen LogP contribution in [0.5, 0.6) is 0 Å². The van der Waals surface area contributed by atoms with Gasteiger partial charge in [-0.15, -0.1) is 0 Å². The highest BCUT2D eigenvalue weighted by molar-refractivity contribution is 6.07. The van der Waals surface area contributed by atoms with Crippen molar-refractivity contribution in [2.45, 2.75) is 71.0 Å². The van der Waals surface area contributed by atoms with Gasteiger partial charge in [0, 0.05) is 17.9 Å². The van der Waals surface area contributed by atoms with Crippen molar-refractivity contribution < 1.29 is 19.4 Å². The van der Waals surface area contributed by atoms with E-state index in [1.165, 1.54) is 6.42 Å². The fourth-order valence-corrected chi connectivity index (χ4v) is 9.06. The number of hydrogen-bond acceptors (Lipinski definition) is 4. The van der Waals surface area contributed by atoms with E-state index in [0.717, 1.165) is 72.7 Å². The lowest BCUT2D eigenvalue weighted by atomic mass is 8.96. The second kappa shape index (κ2) is 7.41. The molecule has 0 aliphatic heterocycles. The molecule has 0 aromatic rings. The number of hydrogen-bond donors (Lipinski definition) is 1. The normalized spacial score (nSPS) is 45.2. The fourth-order valence-electron chi connectivity index (χ4n) is 9.06. The van der Waals surface area contributed by atoms with E-state index in [0.29, 0.717) is 18.3 Å². The zero-order valence-electron chi connectivity index (χ0n) is 19.3. The van der Waals surface area contributed by atoms with Gasteiger partial charge in [0.15, 0.2) is 5.78 Å². The number of esters is 1. The molecular weight excluding hydrogens is 400 g/mol. The van der Waals surface area contributed by atoms with Gasteiger partial charge in [-0.05, 0) is 105 Å². The van der Waals surface area contributed by atoms with Gasteiger partial charge in [-0.25, -0.2) is 0 Å². The van der Waals surface area contributed by atoms with Crippen molar-refractivity contribution >= 4 is 11.8 Å². The van der Waals surface area contributed by atoms with E-state index in [1.807, 2.05) is 26.0 Å². The average Bonchev–Trinajstić information content (AvgIpc) is 3.12. The van der Waals surface area contributed by atoms with Gasteiger partial charge in [-0.2, -0.15) is 0 Å². The Morgan fingerprint density at radius 1 is 1.16 bits per heavy atom. The van der Waals surface area contributed by atoms with Crippen LogP contribution in [0.3, 0.4) is 0 Å². The van der Waals surface area contributed by atoms with Crippen LogP contribution in [-0.4, -0.2) is 29.1 Å². The maximum absolute atomic E-state index is 12.3. The number of aliphatic hydroxyl groups is 1. The third kappa shape index (κ3) is 2.65. The Hall–Kier alpha value is -1.68. The molecule has 0 radical (unpaired) electrons. The van der Waals surface area contributed by atoms with Crippen molar-refractivity contribution in [1.29, 1.82) is 0 Å². The minimum Gasteiger partial charge on any atom is -0.463 e. The molecule has 0 amide bonds. The first-order chi connectivity index (χ1) is 15.4. The number of ketones is 1. The first-order valence-electron chi connectivity index (χ1n) is 12.9. The van der Waals surface area contributed by atoms with Gasteiger partial charge in [-0.3, -0.25) is 9.59 Å². The SMILES string of the molecule is CC(C)OC(=O)CCC/C=C\C[C@H]1C=CC(=O)/C1=C/C[C@@H](O)CCC12C3C4C5C3C1C5C42. The predicted octanol–water partition coefficient (Wildman–Crippen LogP) is 4.64. The lowest BCUT2D eigenvalue weighted by molar-refractivity contribution is -0.616. The molecule has 4 heteroatoms. The van der Waals surface area contributed by atoms with Gasteiger partial charge < -0.3 is 9.84 Å². The molecule has 7 rings (SSSR count). The minimum atomic E-state index is -0.321. The van der Waals surface area contributed by atoms with Crippen LogP contribution in [0.1, 0.15) is 58.8 Å². The van der Waals surface area contributed by atoms with Crippen molar-refractivity contribution in [3.05, 3.63) is 36.0 Å². The highest BCUT2D eigenvalue weighted by Gasteiger charge is 3.03. The molecule has 172 valence electrons. The summed E-state index contributed by atoms with van der Waals surface area (Å²) in [6.07, 6.45) is 15.0. The molecule has 6 fully saturated rings. The first-order valence-corrected chi connectivity index (χ1v) is 12.9. The molecule has 7 aliphatic carbocycles. The summed E-state index contributed by atoms with van der Waals surface area (Å²) in [6.45, 7) is 3.72. The fraction of sp³-hybridized carbons (Fsp3) is 0.714. The van der Waals surface area contributed by atoms with Crippen LogP contribution >= 0.6 is 0 Å².